The highest BCUT2D eigenvalue weighted by atomic mass is 35.5. The zero-order chi connectivity index (χ0) is 22.1. The van der Waals surface area contributed by atoms with Gasteiger partial charge in [0.2, 0.25) is 10.0 Å². The van der Waals surface area contributed by atoms with Gasteiger partial charge in [-0.05, 0) is 36.4 Å². The minimum absolute atomic E-state index is 0.115. The van der Waals surface area contributed by atoms with Gasteiger partial charge in [0.15, 0.2) is 0 Å². The average Bonchev–Trinajstić information content (AvgIpc) is 2.86. The van der Waals surface area contributed by atoms with Gasteiger partial charge in [0.1, 0.15) is 23.1 Å². The number of rotatable bonds is 4. The minimum Gasteiger partial charge on any atom is -0.374 e. The molecule has 0 radical (unpaired) electrons. The Morgan fingerprint density at radius 3 is 2.53 bits per heavy atom. The fraction of sp³-hybridized carbons (Fsp3) is 0.278. The number of benzene rings is 2. The Morgan fingerprint density at radius 1 is 1.13 bits per heavy atom. The lowest BCUT2D eigenvalue weighted by Crippen LogP contribution is -2.41. The molecule has 2 aromatic rings. The zero-order valence-corrected chi connectivity index (χ0v) is 16.7. The Labute approximate surface area is 174 Å². The maximum atomic E-state index is 14.3. The average molecular weight is 467 g/mol. The number of carbonyl (C=O) groups excluding carboxylic acids is 1. The van der Waals surface area contributed by atoms with Crippen LogP contribution in [-0.4, -0.2) is 50.9 Å². The van der Waals surface area contributed by atoms with E-state index in [1.54, 1.807) is 0 Å². The van der Waals surface area contributed by atoms with E-state index in [1.807, 2.05) is 0 Å². The summed E-state index contributed by atoms with van der Waals surface area (Å²) in [6.07, 6.45) is 0. The molecule has 0 saturated carbocycles. The van der Waals surface area contributed by atoms with Crippen LogP contribution >= 0.6 is 11.6 Å². The Kier molecular flexibility index (Phi) is 6.37. The molecule has 30 heavy (non-hydrogen) atoms. The molecule has 12 heteroatoms. The first-order valence-corrected chi connectivity index (χ1v) is 10.3. The lowest BCUT2D eigenvalue weighted by molar-refractivity contribution is -0.0631. The van der Waals surface area contributed by atoms with Crippen LogP contribution in [0.15, 0.2) is 41.3 Å². The smallest absolute Gasteiger partial charge is 0.284 e. The molecule has 1 aliphatic rings. The third-order valence-electron chi connectivity index (χ3n) is 4.19. The van der Waals surface area contributed by atoms with Crippen molar-refractivity contribution in [3.8, 4) is 0 Å². The largest absolute Gasteiger partial charge is 0.374 e. The molecule has 0 aliphatic carbocycles. The summed E-state index contributed by atoms with van der Waals surface area (Å²) < 4.78 is 85.7. The van der Waals surface area contributed by atoms with Gasteiger partial charge in [0, 0.05) is 17.8 Å². The number of ether oxygens (including phenoxy) is 1. The Balaban J connectivity index is 1.90. The summed E-state index contributed by atoms with van der Waals surface area (Å²) in [5, 5.41) is 2.12. The van der Waals surface area contributed by atoms with Gasteiger partial charge < -0.3 is 10.1 Å². The van der Waals surface area contributed by atoms with Gasteiger partial charge in [-0.15, -0.1) is 0 Å². The van der Waals surface area contributed by atoms with E-state index in [4.69, 9.17) is 16.3 Å². The Morgan fingerprint density at radius 2 is 1.83 bits per heavy atom. The predicted molar refractivity (Wildman–Crippen MR) is 100 cm³/mol. The van der Waals surface area contributed by atoms with E-state index in [0.717, 1.165) is 30.3 Å². The molecule has 2 aromatic carbocycles. The normalized spacial score (nSPS) is 17.4. The van der Waals surface area contributed by atoms with Crippen molar-refractivity contribution in [1.82, 2.24) is 4.31 Å². The second-order valence-electron chi connectivity index (χ2n) is 6.48. The van der Waals surface area contributed by atoms with Crippen LogP contribution in [0.1, 0.15) is 10.4 Å². The van der Waals surface area contributed by atoms with Crippen molar-refractivity contribution in [2.24, 2.45) is 0 Å². The Hall–Kier alpha value is -2.21. The van der Waals surface area contributed by atoms with E-state index in [2.05, 4.69) is 5.32 Å². The number of sulfonamides is 1. The van der Waals surface area contributed by atoms with Crippen LogP contribution in [0.25, 0.3) is 0 Å². The molecule has 1 N–H and O–H groups in total. The van der Waals surface area contributed by atoms with E-state index in [9.17, 15) is 30.8 Å². The summed E-state index contributed by atoms with van der Waals surface area (Å²) >= 11 is 5.64. The molecule has 0 spiro atoms. The van der Waals surface area contributed by atoms with Gasteiger partial charge in [0.25, 0.3) is 11.8 Å². The van der Waals surface area contributed by atoms with Gasteiger partial charge in [-0.25, -0.2) is 26.0 Å². The summed E-state index contributed by atoms with van der Waals surface area (Å²) in [5.41, 5.74) is -0.141. The number of amides is 1. The summed E-state index contributed by atoms with van der Waals surface area (Å²) in [4.78, 5) is 11.5. The van der Waals surface area contributed by atoms with Crippen LogP contribution in [0, 0.1) is 11.6 Å². The molecule has 1 heterocycles. The molecule has 1 saturated heterocycles. The number of halogens is 5. The molecular formula is C18H15ClF4N2O4S. The predicted octanol–water partition coefficient (Wildman–Crippen LogP) is 3.53. The molecular weight excluding hydrogens is 452 g/mol. The highest BCUT2D eigenvalue weighted by Gasteiger charge is 2.40. The lowest BCUT2D eigenvalue weighted by atomic mass is 10.2. The van der Waals surface area contributed by atoms with Crippen molar-refractivity contribution in [2.75, 3.05) is 31.6 Å². The SMILES string of the molecule is O=C(Nc1ccc(F)c(Cl)c1)c1ccc(F)c(S(=O)(=O)N2CCOCC(F)(F)C2)c1. The van der Waals surface area contributed by atoms with Crippen molar-refractivity contribution in [3.05, 3.63) is 58.6 Å². The number of nitrogens with zero attached hydrogens (tertiary/aromatic N) is 1. The number of alkyl halides is 2. The first-order valence-electron chi connectivity index (χ1n) is 8.51. The Bertz CT molecular complexity index is 1080. The van der Waals surface area contributed by atoms with Crippen LogP contribution in [-0.2, 0) is 14.8 Å². The van der Waals surface area contributed by atoms with Crippen LogP contribution in [0.2, 0.25) is 5.02 Å². The standard InChI is InChI=1S/C18H15ClF4N2O4S/c19-13-8-12(2-4-14(13)20)24-17(26)11-1-3-15(21)16(7-11)30(27,28)25-5-6-29-10-18(22,23)9-25/h1-4,7-8H,5-6,9-10H2,(H,24,26). The van der Waals surface area contributed by atoms with Gasteiger partial charge in [-0.3, -0.25) is 4.79 Å². The molecule has 0 unspecified atom stereocenters. The number of nitrogens with one attached hydrogen (secondary N) is 1. The summed E-state index contributed by atoms with van der Waals surface area (Å²) in [5.74, 6) is -6.19. The second-order valence-corrected chi connectivity index (χ2v) is 8.79. The lowest BCUT2D eigenvalue weighted by Gasteiger charge is -2.23. The summed E-state index contributed by atoms with van der Waals surface area (Å²) in [6.45, 7) is -2.83. The number of hydrogen-bond donors (Lipinski definition) is 1. The summed E-state index contributed by atoms with van der Waals surface area (Å²) in [7, 11) is -4.68. The molecule has 1 aliphatic heterocycles. The highest BCUT2D eigenvalue weighted by molar-refractivity contribution is 7.89. The molecule has 3 rings (SSSR count). The van der Waals surface area contributed by atoms with Crippen molar-refractivity contribution in [2.45, 2.75) is 10.8 Å². The number of carbonyl (C=O) groups is 1. The molecule has 0 bridgehead atoms. The van der Waals surface area contributed by atoms with Crippen LogP contribution in [0.5, 0.6) is 0 Å². The second kappa shape index (κ2) is 8.50. The van der Waals surface area contributed by atoms with Gasteiger partial charge in [0.05, 0.1) is 18.2 Å². The van der Waals surface area contributed by atoms with Crippen molar-refractivity contribution in [1.29, 1.82) is 0 Å². The monoisotopic (exact) mass is 466 g/mol. The third kappa shape index (κ3) is 4.91. The van der Waals surface area contributed by atoms with Crippen molar-refractivity contribution >= 4 is 33.2 Å². The topological polar surface area (TPSA) is 75.7 Å². The number of hydrogen-bond acceptors (Lipinski definition) is 4. The molecule has 1 amide bonds. The zero-order valence-electron chi connectivity index (χ0n) is 15.2. The van der Waals surface area contributed by atoms with Gasteiger partial charge in [-0.2, -0.15) is 4.31 Å². The van der Waals surface area contributed by atoms with E-state index < -0.39 is 58.1 Å². The molecule has 162 valence electrons. The van der Waals surface area contributed by atoms with Crippen LogP contribution in [0.3, 0.4) is 0 Å². The molecule has 1 fully saturated rings. The summed E-state index contributed by atoms with van der Waals surface area (Å²) in [6, 6.07) is 5.88. The maximum absolute atomic E-state index is 14.3. The number of anilines is 1. The van der Waals surface area contributed by atoms with Crippen molar-refractivity contribution in [3.63, 3.8) is 0 Å². The van der Waals surface area contributed by atoms with Crippen LogP contribution < -0.4 is 5.32 Å². The fourth-order valence-electron chi connectivity index (χ4n) is 2.73. The first kappa shape index (κ1) is 22.5. The highest BCUT2D eigenvalue weighted by Crippen LogP contribution is 2.27. The van der Waals surface area contributed by atoms with E-state index in [0.29, 0.717) is 4.31 Å². The maximum Gasteiger partial charge on any atom is 0.284 e. The fourth-order valence-corrected chi connectivity index (χ4v) is 4.46. The molecule has 0 atom stereocenters. The first-order chi connectivity index (χ1) is 14.0. The van der Waals surface area contributed by atoms with Crippen LogP contribution in [0.4, 0.5) is 23.2 Å². The third-order valence-corrected chi connectivity index (χ3v) is 6.34. The molecule has 6 nitrogen and oxygen atoms in total. The van der Waals surface area contributed by atoms with E-state index >= 15 is 0 Å². The van der Waals surface area contributed by atoms with E-state index in [1.165, 1.54) is 6.07 Å². The molecule has 0 aromatic heterocycles. The van der Waals surface area contributed by atoms with Crippen molar-refractivity contribution < 1.29 is 35.5 Å². The minimum atomic E-state index is -4.68. The van der Waals surface area contributed by atoms with Gasteiger partial charge in [-0.1, -0.05) is 11.6 Å². The van der Waals surface area contributed by atoms with E-state index in [-0.39, 0.29) is 22.9 Å². The quantitative estimate of drug-likeness (QED) is 0.699. The van der Waals surface area contributed by atoms with Gasteiger partial charge >= 0.3 is 0 Å².